The minimum absolute atomic E-state index is 0.0299. The van der Waals surface area contributed by atoms with Gasteiger partial charge in [0.2, 0.25) is 0 Å². The van der Waals surface area contributed by atoms with Crippen molar-refractivity contribution in [3.8, 4) is 5.75 Å². The highest BCUT2D eigenvalue weighted by Gasteiger charge is 2.39. The molecule has 0 amide bonds. The van der Waals surface area contributed by atoms with Crippen molar-refractivity contribution >= 4 is 17.6 Å². The average Bonchev–Trinajstić information content (AvgIpc) is 2.72. The van der Waals surface area contributed by atoms with Gasteiger partial charge in [-0.25, -0.2) is 4.79 Å². The zero-order valence-electron chi connectivity index (χ0n) is 18.6. The highest BCUT2D eigenvalue weighted by atomic mass is 35.5. The molecule has 166 valence electrons. The number of hydrogen-bond acceptors (Lipinski definition) is 3. The fourth-order valence-electron chi connectivity index (χ4n) is 4.17. The van der Waals surface area contributed by atoms with Crippen molar-refractivity contribution in [1.29, 1.82) is 0 Å². The number of halogens is 1. The van der Waals surface area contributed by atoms with Crippen LogP contribution in [0.2, 0.25) is 5.02 Å². The molecule has 4 atom stereocenters. The molecule has 1 saturated heterocycles. The van der Waals surface area contributed by atoms with E-state index < -0.39 is 5.97 Å². The second kappa shape index (κ2) is 9.88. The standard InChI is InChI=1S/C26H31ClO4/c1-15(2)14-30-24-11-8-19(26(28)29)12-23(24)25-21(16(3)4)13-22(17(5)31-25)18-6-9-20(27)10-7-18/h6-12,15,17,21-22,25H,3,13-14H2,1-2,4-5H3,(H,28,29)/t17-,21+,22-,25-/m0/s1. The van der Waals surface area contributed by atoms with E-state index in [-0.39, 0.29) is 29.6 Å². The molecule has 0 unspecified atom stereocenters. The second-order valence-corrected chi connectivity index (χ2v) is 9.31. The fourth-order valence-corrected chi connectivity index (χ4v) is 4.29. The molecule has 1 aliphatic rings. The molecule has 2 aromatic rings. The van der Waals surface area contributed by atoms with Crippen LogP contribution in [0.15, 0.2) is 54.6 Å². The lowest BCUT2D eigenvalue weighted by atomic mass is 9.75. The van der Waals surface area contributed by atoms with Gasteiger partial charge in [0.05, 0.1) is 24.4 Å². The SMILES string of the molecule is C=C(C)[C@H]1C[C@H](c2ccc(Cl)cc2)[C@H](C)O[C@@H]1c1cc(C(=O)O)ccc1OCC(C)C. The van der Waals surface area contributed by atoms with Crippen LogP contribution in [0.4, 0.5) is 0 Å². The number of carboxylic acid groups (broad SMARTS) is 1. The highest BCUT2D eigenvalue weighted by molar-refractivity contribution is 6.30. The maximum atomic E-state index is 11.6. The molecule has 0 saturated carbocycles. The summed E-state index contributed by atoms with van der Waals surface area (Å²) in [6.45, 7) is 13.0. The first-order valence-electron chi connectivity index (χ1n) is 10.7. The Hall–Kier alpha value is -2.30. The largest absolute Gasteiger partial charge is 0.493 e. The van der Waals surface area contributed by atoms with Crippen molar-refractivity contribution in [3.63, 3.8) is 0 Å². The molecule has 0 bridgehead atoms. The fraction of sp³-hybridized carbons (Fsp3) is 0.423. The predicted molar refractivity (Wildman–Crippen MR) is 124 cm³/mol. The van der Waals surface area contributed by atoms with Crippen molar-refractivity contribution in [2.45, 2.75) is 52.2 Å². The Balaban J connectivity index is 1.98. The van der Waals surface area contributed by atoms with Gasteiger partial charge in [0.25, 0.3) is 0 Å². The molecule has 0 radical (unpaired) electrons. The molecule has 0 spiro atoms. The minimum Gasteiger partial charge on any atom is -0.493 e. The van der Waals surface area contributed by atoms with Crippen LogP contribution in [0.3, 0.4) is 0 Å². The van der Waals surface area contributed by atoms with Gasteiger partial charge in [0.1, 0.15) is 5.75 Å². The van der Waals surface area contributed by atoms with Crippen molar-refractivity contribution in [2.24, 2.45) is 11.8 Å². The van der Waals surface area contributed by atoms with Gasteiger partial charge in [-0.3, -0.25) is 0 Å². The summed E-state index contributed by atoms with van der Waals surface area (Å²) >= 11 is 6.07. The zero-order chi connectivity index (χ0) is 22.7. The first kappa shape index (κ1) is 23.4. The number of carboxylic acids is 1. The van der Waals surface area contributed by atoms with Crippen molar-refractivity contribution in [1.82, 2.24) is 0 Å². The molecular weight excluding hydrogens is 412 g/mol. The molecule has 1 N–H and O–H groups in total. The summed E-state index contributed by atoms with van der Waals surface area (Å²) in [5, 5.41) is 10.3. The van der Waals surface area contributed by atoms with Gasteiger partial charge in [-0.05, 0) is 62.1 Å². The van der Waals surface area contributed by atoms with Gasteiger partial charge in [0.15, 0.2) is 0 Å². The molecule has 0 aliphatic carbocycles. The molecule has 1 heterocycles. The summed E-state index contributed by atoms with van der Waals surface area (Å²) in [5.74, 6) is 0.281. The van der Waals surface area contributed by atoms with E-state index in [1.54, 1.807) is 18.2 Å². The molecule has 1 aliphatic heterocycles. The molecule has 2 aromatic carbocycles. The van der Waals surface area contributed by atoms with Crippen LogP contribution >= 0.6 is 11.6 Å². The lowest BCUT2D eigenvalue weighted by Gasteiger charge is -2.42. The van der Waals surface area contributed by atoms with E-state index >= 15 is 0 Å². The van der Waals surface area contributed by atoms with Gasteiger partial charge in [-0.2, -0.15) is 0 Å². The van der Waals surface area contributed by atoms with E-state index in [9.17, 15) is 9.90 Å². The van der Waals surface area contributed by atoms with E-state index in [0.717, 1.165) is 17.6 Å². The third-order valence-electron chi connectivity index (χ3n) is 5.87. The Morgan fingerprint density at radius 2 is 1.94 bits per heavy atom. The highest BCUT2D eigenvalue weighted by Crippen LogP contribution is 2.48. The summed E-state index contributed by atoms with van der Waals surface area (Å²) in [4.78, 5) is 11.6. The number of carbonyl (C=O) groups is 1. The summed E-state index contributed by atoms with van der Waals surface area (Å²) in [5.41, 5.74) is 3.18. The summed E-state index contributed by atoms with van der Waals surface area (Å²) in [6.07, 6.45) is 0.467. The molecule has 5 heteroatoms. The van der Waals surface area contributed by atoms with Crippen LogP contribution in [0.1, 0.15) is 67.6 Å². The van der Waals surface area contributed by atoms with E-state index in [1.165, 1.54) is 5.56 Å². The third kappa shape index (κ3) is 5.50. The van der Waals surface area contributed by atoms with Gasteiger partial charge in [-0.15, -0.1) is 0 Å². The van der Waals surface area contributed by atoms with Crippen LogP contribution in [0.25, 0.3) is 0 Å². The second-order valence-electron chi connectivity index (χ2n) is 8.87. The van der Waals surface area contributed by atoms with Crippen molar-refractivity contribution in [3.05, 3.63) is 76.3 Å². The number of hydrogen-bond donors (Lipinski definition) is 1. The molecule has 0 aromatic heterocycles. The molecule has 4 nitrogen and oxygen atoms in total. The van der Waals surface area contributed by atoms with Gasteiger partial charge < -0.3 is 14.6 Å². The Morgan fingerprint density at radius 1 is 1.26 bits per heavy atom. The Bertz CT molecular complexity index is 935. The average molecular weight is 443 g/mol. The van der Waals surface area contributed by atoms with E-state index in [2.05, 4.69) is 27.4 Å². The maximum Gasteiger partial charge on any atom is 0.335 e. The molecular formula is C26H31ClO4. The number of ether oxygens (including phenoxy) is 2. The van der Waals surface area contributed by atoms with Crippen LogP contribution < -0.4 is 4.74 Å². The lowest BCUT2D eigenvalue weighted by Crippen LogP contribution is -2.34. The monoisotopic (exact) mass is 442 g/mol. The summed E-state index contributed by atoms with van der Waals surface area (Å²) in [6, 6.07) is 12.9. The molecule has 1 fully saturated rings. The van der Waals surface area contributed by atoms with Gasteiger partial charge in [-0.1, -0.05) is 49.7 Å². The van der Waals surface area contributed by atoms with Gasteiger partial charge in [0, 0.05) is 22.4 Å². The van der Waals surface area contributed by atoms with E-state index in [4.69, 9.17) is 21.1 Å². The van der Waals surface area contributed by atoms with Crippen LogP contribution in [0.5, 0.6) is 5.75 Å². The summed E-state index contributed by atoms with van der Waals surface area (Å²) in [7, 11) is 0. The first-order valence-corrected chi connectivity index (χ1v) is 11.1. The third-order valence-corrected chi connectivity index (χ3v) is 6.12. The molecule has 31 heavy (non-hydrogen) atoms. The lowest BCUT2D eigenvalue weighted by molar-refractivity contribution is -0.0812. The Kier molecular flexibility index (Phi) is 7.45. The topological polar surface area (TPSA) is 55.8 Å². The maximum absolute atomic E-state index is 11.6. The number of rotatable bonds is 7. The Labute approximate surface area is 189 Å². The summed E-state index contributed by atoms with van der Waals surface area (Å²) < 4.78 is 12.6. The Morgan fingerprint density at radius 3 is 2.52 bits per heavy atom. The number of aromatic carboxylic acids is 1. The molecule has 3 rings (SSSR count). The van der Waals surface area contributed by atoms with E-state index in [1.807, 2.05) is 31.2 Å². The van der Waals surface area contributed by atoms with Gasteiger partial charge >= 0.3 is 5.97 Å². The van der Waals surface area contributed by atoms with Crippen LogP contribution in [-0.4, -0.2) is 23.8 Å². The van der Waals surface area contributed by atoms with E-state index in [0.29, 0.717) is 23.3 Å². The van der Waals surface area contributed by atoms with Crippen molar-refractivity contribution in [2.75, 3.05) is 6.61 Å². The van der Waals surface area contributed by atoms with Crippen molar-refractivity contribution < 1.29 is 19.4 Å². The number of benzene rings is 2. The van der Waals surface area contributed by atoms with Crippen LogP contribution in [0, 0.1) is 11.8 Å². The predicted octanol–water partition coefficient (Wildman–Crippen LogP) is 6.90. The van der Waals surface area contributed by atoms with Crippen LogP contribution in [-0.2, 0) is 4.74 Å². The zero-order valence-corrected chi connectivity index (χ0v) is 19.4. The normalized spacial score (nSPS) is 23.5. The minimum atomic E-state index is -0.966. The smallest absolute Gasteiger partial charge is 0.335 e. The first-order chi connectivity index (χ1) is 14.7. The quantitative estimate of drug-likeness (QED) is 0.474.